The number of carbonyl (C=O) groups is 2. The topological polar surface area (TPSA) is 59.1 Å². The Morgan fingerprint density at radius 1 is 1.17 bits per heavy atom. The normalized spacial score (nSPS) is 24.2. The van der Waals surface area contributed by atoms with Crippen LogP contribution in [0.4, 0.5) is 4.79 Å². The minimum atomic E-state index is -0.320. The fourth-order valence-corrected chi connectivity index (χ4v) is 5.87. The average molecular weight is 477 g/mol. The Hall–Kier alpha value is -3.12. The predicted molar refractivity (Wildman–Crippen MR) is 136 cm³/mol. The number of ether oxygens (including phenoxy) is 2. The molecule has 2 aliphatic rings. The Bertz CT molecular complexity index is 1040. The van der Waals surface area contributed by atoms with Crippen molar-refractivity contribution >= 4 is 12.1 Å². The molecule has 4 rings (SSSR count). The van der Waals surface area contributed by atoms with Crippen LogP contribution in [0, 0.1) is 5.92 Å². The third-order valence-corrected chi connectivity index (χ3v) is 7.68. The molecule has 6 heteroatoms. The van der Waals surface area contributed by atoms with E-state index in [0.29, 0.717) is 11.7 Å². The number of esters is 1. The highest BCUT2D eigenvalue weighted by molar-refractivity contribution is 5.69. The van der Waals surface area contributed by atoms with Gasteiger partial charge in [-0.2, -0.15) is 0 Å². The second-order valence-electron chi connectivity index (χ2n) is 9.86. The standard InChI is InChI=1S/C29H36N2O4/c1-4-16-31-17-15-29(24-11-8-12-27(18-24)35-22(2)32)19-26(14-13-25(29)20-31)30(3)28(33)34-21-23-9-6-5-7-10-23/h4-12,18,25-26H,1,13-17,19-21H2,2-3H3. The van der Waals surface area contributed by atoms with Crippen LogP contribution in [-0.2, 0) is 21.6 Å². The molecule has 0 spiro atoms. The first-order valence-corrected chi connectivity index (χ1v) is 12.5. The van der Waals surface area contributed by atoms with Gasteiger partial charge in [-0.3, -0.25) is 9.69 Å². The van der Waals surface area contributed by atoms with Gasteiger partial charge in [-0.1, -0.05) is 48.5 Å². The van der Waals surface area contributed by atoms with Gasteiger partial charge in [0.25, 0.3) is 0 Å². The smallest absolute Gasteiger partial charge is 0.410 e. The Morgan fingerprint density at radius 2 is 1.97 bits per heavy atom. The van der Waals surface area contributed by atoms with Gasteiger partial charge < -0.3 is 14.4 Å². The SMILES string of the molecule is C=CCN1CCC2(c3cccc(OC(C)=O)c3)CC(N(C)C(=O)OCc3ccccc3)CCC2C1. The van der Waals surface area contributed by atoms with E-state index in [1.54, 1.807) is 4.90 Å². The van der Waals surface area contributed by atoms with Crippen molar-refractivity contribution in [3.8, 4) is 5.75 Å². The zero-order valence-electron chi connectivity index (χ0n) is 20.8. The maximum Gasteiger partial charge on any atom is 0.410 e. The van der Waals surface area contributed by atoms with Crippen molar-refractivity contribution in [3.63, 3.8) is 0 Å². The van der Waals surface area contributed by atoms with E-state index in [1.165, 1.54) is 12.5 Å². The molecule has 35 heavy (non-hydrogen) atoms. The first-order chi connectivity index (χ1) is 16.9. The molecule has 0 bridgehead atoms. The molecule has 2 aromatic rings. The van der Waals surface area contributed by atoms with E-state index in [0.717, 1.165) is 50.9 Å². The Balaban J connectivity index is 1.54. The third kappa shape index (κ3) is 5.76. The molecule has 0 N–H and O–H groups in total. The number of rotatable bonds is 7. The zero-order chi connectivity index (χ0) is 24.8. The molecule has 1 amide bonds. The molecule has 2 fully saturated rings. The van der Waals surface area contributed by atoms with Crippen LogP contribution in [0.1, 0.15) is 43.7 Å². The summed E-state index contributed by atoms with van der Waals surface area (Å²) in [5.74, 6) is 0.711. The molecule has 3 unspecified atom stereocenters. The second kappa shape index (κ2) is 11.1. The molecule has 1 aliphatic heterocycles. The van der Waals surface area contributed by atoms with Gasteiger partial charge in [-0.05, 0) is 61.4 Å². The number of nitrogens with zero attached hydrogens (tertiary/aromatic N) is 2. The number of likely N-dealkylation sites (tertiary alicyclic amines) is 1. The number of hydrogen-bond acceptors (Lipinski definition) is 5. The summed E-state index contributed by atoms with van der Waals surface area (Å²) >= 11 is 0. The van der Waals surface area contributed by atoms with E-state index in [-0.39, 0.29) is 30.1 Å². The van der Waals surface area contributed by atoms with Crippen LogP contribution in [0.5, 0.6) is 5.75 Å². The number of benzene rings is 2. The van der Waals surface area contributed by atoms with Gasteiger partial charge in [-0.15, -0.1) is 6.58 Å². The molecule has 0 radical (unpaired) electrons. The lowest BCUT2D eigenvalue weighted by Gasteiger charge is -2.54. The average Bonchev–Trinajstić information content (AvgIpc) is 2.87. The van der Waals surface area contributed by atoms with Crippen molar-refractivity contribution < 1.29 is 19.1 Å². The van der Waals surface area contributed by atoms with Gasteiger partial charge >= 0.3 is 12.1 Å². The van der Waals surface area contributed by atoms with E-state index in [2.05, 4.69) is 17.5 Å². The molecule has 1 heterocycles. The highest BCUT2D eigenvalue weighted by atomic mass is 16.6. The lowest BCUT2D eigenvalue weighted by molar-refractivity contribution is -0.131. The zero-order valence-corrected chi connectivity index (χ0v) is 20.8. The first-order valence-electron chi connectivity index (χ1n) is 12.5. The number of carbonyl (C=O) groups excluding carboxylic acids is 2. The summed E-state index contributed by atoms with van der Waals surface area (Å²) in [5, 5.41) is 0. The summed E-state index contributed by atoms with van der Waals surface area (Å²) in [5.41, 5.74) is 2.08. The molecule has 3 atom stereocenters. The number of hydrogen-bond donors (Lipinski definition) is 0. The van der Waals surface area contributed by atoms with Crippen LogP contribution in [0.3, 0.4) is 0 Å². The maximum absolute atomic E-state index is 13.0. The molecular formula is C29H36N2O4. The fraction of sp³-hybridized carbons (Fsp3) is 0.448. The minimum absolute atomic E-state index is 0.0814. The fourth-order valence-electron chi connectivity index (χ4n) is 5.87. The van der Waals surface area contributed by atoms with E-state index in [9.17, 15) is 9.59 Å². The summed E-state index contributed by atoms with van der Waals surface area (Å²) in [6.45, 7) is 8.46. The van der Waals surface area contributed by atoms with Gasteiger partial charge in [0.05, 0.1) is 0 Å². The predicted octanol–water partition coefficient (Wildman–Crippen LogP) is 5.18. The van der Waals surface area contributed by atoms with Crippen molar-refractivity contribution in [2.75, 3.05) is 26.7 Å². The van der Waals surface area contributed by atoms with E-state index < -0.39 is 0 Å². The molecule has 2 aromatic carbocycles. The van der Waals surface area contributed by atoms with Crippen LogP contribution in [-0.4, -0.2) is 54.6 Å². The van der Waals surface area contributed by atoms with Gasteiger partial charge in [-0.25, -0.2) is 4.79 Å². The molecule has 1 saturated heterocycles. The first kappa shape index (κ1) is 25.0. The van der Waals surface area contributed by atoms with Crippen molar-refractivity contribution in [1.29, 1.82) is 0 Å². The van der Waals surface area contributed by atoms with Crippen molar-refractivity contribution in [1.82, 2.24) is 9.80 Å². The number of amides is 1. The molecule has 1 aliphatic carbocycles. The minimum Gasteiger partial charge on any atom is -0.445 e. The Labute approximate surface area is 208 Å². The molecule has 6 nitrogen and oxygen atoms in total. The number of piperidine rings is 1. The summed E-state index contributed by atoms with van der Waals surface area (Å²) in [4.78, 5) is 28.8. The van der Waals surface area contributed by atoms with E-state index in [1.807, 2.05) is 61.7 Å². The quantitative estimate of drug-likeness (QED) is 0.313. The third-order valence-electron chi connectivity index (χ3n) is 7.68. The summed E-state index contributed by atoms with van der Waals surface area (Å²) in [6, 6.07) is 17.8. The second-order valence-corrected chi connectivity index (χ2v) is 9.86. The number of fused-ring (bicyclic) bond motifs is 1. The van der Waals surface area contributed by atoms with Gasteiger partial charge in [0, 0.05) is 38.5 Å². The summed E-state index contributed by atoms with van der Waals surface area (Å²) < 4.78 is 11.1. The van der Waals surface area contributed by atoms with Crippen LogP contribution in [0.2, 0.25) is 0 Å². The van der Waals surface area contributed by atoms with Crippen LogP contribution in [0.15, 0.2) is 67.3 Å². The van der Waals surface area contributed by atoms with Crippen molar-refractivity contribution in [2.24, 2.45) is 5.92 Å². The van der Waals surface area contributed by atoms with Crippen LogP contribution < -0.4 is 4.74 Å². The monoisotopic (exact) mass is 476 g/mol. The highest BCUT2D eigenvalue weighted by Gasteiger charge is 2.49. The Morgan fingerprint density at radius 3 is 2.71 bits per heavy atom. The van der Waals surface area contributed by atoms with Crippen LogP contribution >= 0.6 is 0 Å². The molecule has 1 saturated carbocycles. The molecule has 0 aromatic heterocycles. The summed E-state index contributed by atoms with van der Waals surface area (Å²) in [7, 11) is 1.86. The Kier molecular flexibility index (Phi) is 7.91. The van der Waals surface area contributed by atoms with Gasteiger partial charge in [0.2, 0.25) is 0 Å². The van der Waals surface area contributed by atoms with E-state index >= 15 is 0 Å². The van der Waals surface area contributed by atoms with Gasteiger partial charge in [0.1, 0.15) is 12.4 Å². The van der Waals surface area contributed by atoms with Crippen molar-refractivity contribution in [2.45, 2.75) is 50.7 Å². The molecule has 186 valence electrons. The lowest BCUT2D eigenvalue weighted by atomic mass is 9.58. The largest absolute Gasteiger partial charge is 0.445 e. The lowest BCUT2D eigenvalue weighted by Crippen LogP contribution is -2.56. The van der Waals surface area contributed by atoms with Gasteiger partial charge in [0.15, 0.2) is 0 Å². The molecular weight excluding hydrogens is 440 g/mol. The summed E-state index contributed by atoms with van der Waals surface area (Å²) in [6.07, 6.45) is 5.49. The van der Waals surface area contributed by atoms with Crippen LogP contribution in [0.25, 0.3) is 0 Å². The highest BCUT2D eigenvalue weighted by Crippen LogP contribution is 2.50. The maximum atomic E-state index is 13.0. The van der Waals surface area contributed by atoms with Crippen molar-refractivity contribution in [3.05, 3.63) is 78.4 Å². The van der Waals surface area contributed by atoms with E-state index in [4.69, 9.17) is 9.47 Å².